The Balaban J connectivity index is 2.21. The second-order valence-corrected chi connectivity index (χ2v) is 5.41. The molecule has 0 aromatic carbocycles. The van der Waals surface area contributed by atoms with Crippen molar-refractivity contribution < 1.29 is 0 Å². The van der Waals surface area contributed by atoms with Crippen LogP contribution in [0.15, 0.2) is 12.4 Å². The second kappa shape index (κ2) is 5.08. The van der Waals surface area contributed by atoms with E-state index in [1.54, 1.807) is 0 Å². The molecule has 2 heterocycles. The number of hydrogen-bond acceptors (Lipinski definition) is 3. The lowest BCUT2D eigenvalue weighted by Gasteiger charge is -2.39. The molecule has 1 fully saturated rings. The fraction of sp³-hybridized carbons (Fsp3) is 0.769. The van der Waals surface area contributed by atoms with Gasteiger partial charge in [0, 0.05) is 31.0 Å². The minimum Gasteiger partial charge on any atom is -0.339 e. The summed E-state index contributed by atoms with van der Waals surface area (Å²) in [7, 11) is 0. The molecule has 0 bridgehead atoms. The average Bonchev–Trinajstić information content (AvgIpc) is 2.78. The van der Waals surface area contributed by atoms with Crippen LogP contribution in [0, 0.1) is 5.92 Å². The van der Waals surface area contributed by atoms with E-state index in [1.165, 1.54) is 12.8 Å². The Hall–Kier alpha value is -1.03. The van der Waals surface area contributed by atoms with E-state index in [9.17, 15) is 0 Å². The number of anilines is 1. The van der Waals surface area contributed by atoms with Crippen LogP contribution in [0.2, 0.25) is 0 Å². The van der Waals surface area contributed by atoms with Gasteiger partial charge in [-0.25, -0.2) is 4.98 Å². The lowest BCUT2D eigenvalue weighted by molar-refractivity contribution is 0.364. The zero-order valence-corrected chi connectivity index (χ0v) is 11.1. The molecule has 17 heavy (non-hydrogen) atoms. The number of nitrogens with zero attached hydrogens (tertiary/aromatic N) is 3. The summed E-state index contributed by atoms with van der Waals surface area (Å²) >= 11 is 0. The first-order valence-corrected chi connectivity index (χ1v) is 6.63. The highest BCUT2D eigenvalue weighted by atomic mass is 15.3. The van der Waals surface area contributed by atoms with Crippen molar-refractivity contribution >= 4 is 5.95 Å². The standard InChI is InChI=1S/C13H24N4/c1-10(2)16-7-6-15-13(16)17-9-12(8-14)5-4-11(17)3/h6-7,10-12H,4-5,8-9,14H2,1-3H3. The van der Waals surface area contributed by atoms with Gasteiger partial charge < -0.3 is 15.2 Å². The molecule has 0 spiro atoms. The normalized spacial score (nSPS) is 25.6. The van der Waals surface area contributed by atoms with E-state index in [2.05, 4.69) is 41.4 Å². The summed E-state index contributed by atoms with van der Waals surface area (Å²) in [4.78, 5) is 6.95. The van der Waals surface area contributed by atoms with Crippen LogP contribution in [0.4, 0.5) is 5.95 Å². The fourth-order valence-electron chi connectivity index (χ4n) is 2.58. The summed E-state index contributed by atoms with van der Waals surface area (Å²) in [5.41, 5.74) is 5.81. The van der Waals surface area contributed by atoms with Gasteiger partial charge in [-0.15, -0.1) is 0 Å². The van der Waals surface area contributed by atoms with Crippen LogP contribution >= 0.6 is 0 Å². The van der Waals surface area contributed by atoms with Crippen LogP contribution in [0.25, 0.3) is 0 Å². The quantitative estimate of drug-likeness (QED) is 0.873. The Kier molecular flexibility index (Phi) is 3.72. The SMILES string of the molecule is CC1CCC(CN)CN1c1nccn1C(C)C. The van der Waals surface area contributed by atoms with Crippen molar-refractivity contribution in [2.75, 3.05) is 18.0 Å². The number of aromatic nitrogens is 2. The summed E-state index contributed by atoms with van der Waals surface area (Å²) in [6, 6.07) is 1.02. The predicted octanol–water partition coefficient (Wildman–Crippen LogP) is 2.03. The van der Waals surface area contributed by atoms with Gasteiger partial charge in [0.25, 0.3) is 0 Å². The van der Waals surface area contributed by atoms with E-state index in [-0.39, 0.29) is 0 Å². The zero-order valence-electron chi connectivity index (χ0n) is 11.1. The van der Waals surface area contributed by atoms with Gasteiger partial charge in [-0.05, 0) is 46.1 Å². The molecule has 0 radical (unpaired) electrons. The van der Waals surface area contributed by atoms with Crippen molar-refractivity contribution in [2.24, 2.45) is 11.7 Å². The second-order valence-electron chi connectivity index (χ2n) is 5.41. The number of hydrogen-bond donors (Lipinski definition) is 1. The average molecular weight is 236 g/mol. The molecule has 2 atom stereocenters. The van der Waals surface area contributed by atoms with E-state index < -0.39 is 0 Å². The number of rotatable bonds is 3. The van der Waals surface area contributed by atoms with E-state index in [0.717, 1.165) is 19.0 Å². The van der Waals surface area contributed by atoms with Crippen LogP contribution in [0.5, 0.6) is 0 Å². The van der Waals surface area contributed by atoms with Crippen LogP contribution in [0.3, 0.4) is 0 Å². The monoisotopic (exact) mass is 236 g/mol. The number of piperidine rings is 1. The van der Waals surface area contributed by atoms with Crippen molar-refractivity contribution in [3.8, 4) is 0 Å². The molecule has 1 aliphatic rings. The van der Waals surface area contributed by atoms with Gasteiger partial charge in [-0.1, -0.05) is 0 Å². The Bertz CT molecular complexity index is 358. The molecule has 1 saturated heterocycles. The molecule has 1 aromatic rings. The number of imidazole rings is 1. The molecule has 1 aliphatic heterocycles. The smallest absolute Gasteiger partial charge is 0.205 e. The molecule has 4 nitrogen and oxygen atoms in total. The highest BCUT2D eigenvalue weighted by molar-refractivity contribution is 5.34. The molecular formula is C13H24N4. The molecule has 0 aliphatic carbocycles. The minimum absolute atomic E-state index is 0.456. The lowest BCUT2D eigenvalue weighted by Crippen LogP contribution is -2.45. The largest absolute Gasteiger partial charge is 0.339 e. The van der Waals surface area contributed by atoms with Gasteiger partial charge in [0.1, 0.15) is 0 Å². The highest BCUT2D eigenvalue weighted by Crippen LogP contribution is 2.27. The van der Waals surface area contributed by atoms with Crippen LogP contribution in [0.1, 0.15) is 39.7 Å². The van der Waals surface area contributed by atoms with Crippen molar-refractivity contribution in [3.63, 3.8) is 0 Å². The molecule has 1 aromatic heterocycles. The van der Waals surface area contributed by atoms with E-state index in [0.29, 0.717) is 18.0 Å². The van der Waals surface area contributed by atoms with Crippen molar-refractivity contribution in [1.29, 1.82) is 0 Å². The van der Waals surface area contributed by atoms with Gasteiger partial charge in [0.15, 0.2) is 0 Å². The maximum absolute atomic E-state index is 5.81. The highest BCUT2D eigenvalue weighted by Gasteiger charge is 2.27. The fourth-order valence-corrected chi connectivity index (χ4v) is 2.58. The Morgan fingerprint density at radius 3 is 2.88 bits per heavy atom. The lowest BCUT2D eigenvalue weighted by atomic mass is 9.94. The first kappa shape index (κ1) is 12.4. The zero-order chi connectivity index (χ0) is 12.4. The van der Waals surface area contributed by atoms with Crippen molar-refractivity contribution in [3.05, 3.63) is 12.4 Å². The van der Waals surface area contributed by atoms with E-state index in [1.807, 2.05) is 6.20 Å². The summed E-state index contributed by atoms with van der Waals surface area (Å²) < 4.78 is 2.25. The Morgan fingerprint density at radius 2 is 2.24 bits per heavy atom. The van der Waals surface area contributed by atoms with E-state index in [4.69, 9.17) is 5.73 Å². The topological polar surface area (TPSA) is 47.1 Å². The predicted molar refractivity (Wildman–Crippen MR) is 71.2 cm³/mol. The molecule has 2 unspecified atom stereocenters. The minimum atomic E-state index is 0.456. The van der Waals surface area contributed by atoms with Gasteiger partial charge in [-0.2, -0.15) is 0 Å². The van der Waals surface area contributed by atoms with E-state index >= 15 is 0 Å². The third kappa shape index (κ3) is 2.46. The van der Waals surface area contributed by atoms with Crippen LogP contribution in [-0.2, 0) is 0 Å². The van der Waals surface area contributed by atoms with Crippen LogP contribution in [-0.4, -0.2) is 28.7 Å². The third-order valence-electron chi connectivity index (χ3n) is 3.77. The Labute approximate surface area is 104 Å². The Morgan fingerprint density at radius 1 is 1.47 bits per heavy atom. The van der Waals surface area contributed by atoms with Crippen molar-refractivity contribution in [2.45, 2.75) is 45.7 Å². The summed E-state index contributed by atoms with van der Waals surface area (Å²) in [5.74, 6) is 1.72. The summed E-state index contributed by atoms with van der Waals surface area (Å²) in [6.45, 7) is 8.50. The third-order valence-corrected chi connectivity index (χ3v) is 3.77. The molecule has 96 valence electrons. The van der Waals surface area contributed by atoms with Gasteiger partial charge in [-0.3, -0.25) is 0 Å². The summed E-state index contributed by atoms with van der Waals surface area (Å²) in [6.07, 6.45) is 6.43. The number of nitrogens with two attached hydrogens (primary N) is 1. The molecule has 0 saturated carbocycles. The first-order chi connectivity index (χ1) is 8.13. The van der Waals surface area contributed by atoms with Crippen LogP contribution < -0.4 is 10.6 Å². The maximum atomic E-state index is 5.81. The van der Waals surface area contributed by atoms with Crippen molar-refractivity contribution in [1.82, 2.24) is 9.55 Å². The maximum Gasteiger partial charge on any atom is 0.205 e. The summed E-state index contributed by atoms with van der Waals surface area (Å²) in [5, 5.41) is 0. The molecule has 4 heteroatoms. The molecule has 2 N–H and O–H groups in total. The first-order valence-electron chi connectivity index (χ1n) is 6.63. The molecular weight excluding hydrogens is 212 g/mol. The van der Waals surface area contributed by atoms with Gasteiger partial charge in [0.05, 0.1) is 0 Å². The molecule has 0 amide bonds. The van der Waals surface area contributed by atoms with Gasteiger partial charge in [0.2, 0.25) is 5.95 Å². The molecule has 2 rings (SSSR count). The van der Waals surface area contributed by atoms with Gasteiger partial charge >= 0.3 is 0 Å².